The van der Waals surface area contributed by atoms with Gasteiger partial charge in [0.15, 0.2) is 0 Å². The summed E-state index contributed by atoms with van der Waals surface area (Å²) in [4.78, 5) is 5.27. The van der Waals surface area contributed by atoms with Gasteiger partial charge in [-0.15, -0.1) is 0 Å². The van der Waals surface area contributed by atoms with E-state index in [9.17, 15) is 9.50 Å². The molecule has 3 heterocycles. The molecule has 0 radical (unpaired) electrons. The molecule has 4 rings (SSSR count). The minimum atomic E-state index is -1.01. The second-order valence-corrected chi connectivity index (χ2v) is 9.98. The van der Waals surface area contributed by atoms with Gasteiger partial charge in [-0.25, -0.2) is 4.39 Å². The fraction of sp³-hybridized carbons (Fsp3) is 0.739. The van der Waals surface area contributed by atoms with E-state index >= 15 is 0 Å². The molecule has 27 heavy (non-hydrogen) atoms. The normalized spacial score (nSPS) is 32.7. The predicted octanol–water partition coefficient (Wildman–Crippen LogP) is 4.15. The fourth-order valence-electron chi connectivity index (χ4n) is 5.90. The van der Waals surface area contributed by atoms with Crippen LogP contribution in [0, 0.1) is 11.2 Å². The largest absolute Gasteiger partial charge is 0.385 e. The molecule has 3 nitrogen and oxygen atoms in total. The Hall–Kier alpha value is -0.970. The molecule has 3 fully saturated rings. The first kappa shape index (κ1) is 19.4. The Morgan fingerprint density at radius 1 is 1.04 bits per heavy atom. The third-order valence-electron chi connectivity index (χ3n) is 7.00. The Bertz CT molecular complexity index is 642. The molecule has 1 aromatic carbocycles. The van der Waals surface area contributed by atoms with Crippen molar-refractivity contribution in [1.29, 1.82) is 0 Å². The molecular weight excluding hydrogens is 339 g/mol. The van der Waals surface area contributed by atoms with Gasteiger partial charge < -0.3 is 10.0 Å². The summed E-state index contributed by atoms with van der Waals surface area (Å²) in [7, 11) is 0. The molecule has 3 aliphatic heterocycles. The van der Waals surface area contributed by atoms with Crippen LogP contribution < -0.4 is 0 Å². The van der Waals surface area contributed by atoms with E-state index < -0.39 is 5.60 Å². The second kappa shape index (κ2) is 7.46. The maximum absolute atomic E-state index is 14.3. The molecule has 0 amide bonds. The van der Waals surface area contributed by atoms with Crippen LogP contribution in [-0.2, 0) is 5.60 Å². The molecule has 0 spiro atoms. The first-order valence-electron chi connectivity index (χ1n) is 10.8. The van der Waals surface area contributed by atoms with Crippen LogP contribution >= 0.6 is 0 Å². The zero-order valence-electron chi connectivity index (χ0n) is 17.0. The number of piperidine rings is 2. The highest BCUT2D eigenvalue weighted by Gasteiger charge is 2.50. The highest BCUT2D eigenvalue weighted by molar-refractivity contribution is 5.26. The van der Waals surface area contributed by atoms with Gasteiger partial charge in [0.05, 0.1) is 5.60 Å². The van der Waals surface area contributed by atoms with E-state index in [4.69, 9.17) is 0 Å². The van der Waals surface area contributed by atoms with Crippen LogP contribution in [0.1, 0.15) is 64.4 Å². The molecule has 0 aromatic heterocycles. The van der Waals surface area contributed by atoms with Crippen LogP contribution in [-0.4, -0.2) is 53.2 Å². The summed E-state index contributed by atoms with van der Waals surface area (Å²) < 4.78 is 14.3. The van der Waals surface area contributed by atoms with Gasteiger partial charge in [0.2, 0.25) is 0 Å². The third kappa shape index (κ3) is 4.08. The van der Waals surface area contributed by atoms with Gasteiger partial charge >= 0.3 is 0 Å². The summed E-state index contributed by atoms with van der Waals surface area (Å²) >= 11 is 0. The number of benzene rings is 1. The number of nitrogens with zero attached hydrogens (tertiary/aromatic N) is 2. The predicted molar refractivity (Wildman–Crippen MR) is 107 cm³/mol. The lowest BCUT2D eigenvalue weighted by molar-refractivity contribution is -0.0691. The van der Waals surface area contributed by atoms with E-state index in [1.807, 2.05) is 6.07 Å². The molecule has 2 atom stereocenters. The number of halogens is 1. The standard InChI is InChI=1S/C23H35FN2O/c1-22(2,16-25-12-6-3-7-13-25)17-26-18-10-11-19(26)15-23(27,14-18)20-8-4-5-9-21(20)24/h4-5,8-9,18-19,27H,3,6-7,10-17H2,1-2H3. The molecule has 0 saturated carbocycles. The van der Waals surface area contributed by atoms with Crippen LogP contribution in [0.4, 0.5) is 4.39 Å². The molecule has 1 N–H and O–H groups in total. The Morgan fingerprint density at radius 3 is 2.30 bits per heavy atom. The van der Waals surface area contributed by atoms with Gasteiger partial charge in [-0.3, -0.25) is 4.90 Å². The van der Waals surface area contributed by atoms with E-state index in [0.29, 0.717) is 30.5 Å². The van der Waals surface area contributed by atoms with Crippen LogP contribution in [0.3, 0.4) is 0 Å². The van der Waals surface area contributed by atoms with Crippen LogP contribution in [0.5, 0.6) is 0 Å². The zero-order chi connectivity index (χ0) is 19.1. The van der Waals surface area contributed by atoms with Crippen molar-refractivity contribution in [2.45, 2.75) is 76.5 Å². The Balaban J connectivity index is 1.44. The smallest absolute Gasteiger partial charge is 0.129 e. The number of likely N-dealkylation sites (tertiary alicyclic amines) is 1. The number of fused-ring (bicyclic) bond motifs is 2. The van der Waals surface area contributed by atoms with Crippen molar-refractivity contribution in [2.75, 3.05) is 26.2 Å². The van der Waals surface area contributed by atoms with Gasteiger partial charge in [-0.2, -0.15) is 0 Å². The molecule has 3 aliphatic rings. The van der Waals surface area contributed by atoms with Gasteiger partial charge in [0, 0.05) is 30.7 Å². The molecule has 3 saturated heterocycles. The minimum absolute atomic E-state index is 0.242. The number of rotatable bonds is 5. The van der Waals surface area contributed by atoms with Crippen LogP contribution in [0.2, 0.25) is 0 Å². The summed E-state index contributed by atoms with van der Waals surface area (Å²) in [6.45, 7) is 9.48. The van der Waals surface area contributed by atoms with Crippen molar-refractivity contribution in [3.05, 3.63) is 35.6 Å². The van der Waals surface area contributed by atoms with Crippen molar-refractivity contribution in [3.8, 4) is 0 Å². The van der Waals surface area contributed by atoms with E-state index in [2.05, 4.69) is 23.6 Å². The highest BCUT2D eigenvalue weighted by Crippen LogP contribution is 2.47. The molecule has 0 aliphatic carbocycles. The lowest BCUT2D eigenvalue weighted by Crippen LogP contribution is -2.54. The molecule has 150 valence electrons. The van der Waals surface area contributed by atoms with E-state index in [1.165, 1.54) is 38.4 Å². The third-order valence-corrected chi connectivity index (χ3v) is 7.00. The van der Waals surface area contributed by atoms with Gasteiger partial charge in [0.25, 0.3) is 0 Å². The summed E-state index contributed by atoms with van der Waals surface area (Å²) in [5.74, 6) is -0.265. The lowest BCUT2D eigenvalue weighted by atomic mass is 9.79. The quantitative estimate of drug-likeness (QED) is 0.839. The number of aliphatic hydroxyl groups is 1. The van der Waals surface area contributed by atoms with Crippen molar-refractivity contribution in [1.82, 2.24) is 9.80 Å². The van der Waals surface area contributed by atoms with Crippen molar-refractivity contribution >= 4 is 0 Å². The SMILES string of the molecule is CC(C)(CN1CCCCC1)CN1C2CCC1CC(O)(c1ccccc1F)C2. The van der Waals surface area contributed by atoms with Crippen LogP contribution in [0.15, 0.2) is 24.3 Å². The number of hydrogen-bond acceptors (Lipinski definition) is 3. The molecule has 2 bridgehead atoms. The first-order valence-corrected chi connectivity index (χ1v) is 10.8. The van der Waals surface area contributed by atoms with E-state index in [-0.39, 0.29) is 11.2 Å². The summed E-state index contributed by atoms with van der Waals surface area (Å²) in [5, 5.41) is 11.3. The highest BCUT2D eigenvalue weighted by atomic mass is 19.1. The average molecular weight is 375 g/mol. The monoisotopic (exact) mass is 374 g/mol. The summed E-state index contributed by atoms with van der Waals surface area (Å²) in [5.41, 5.74) is -0.273. The fourth-order valence-corrected chi connectivity index (χ4v) is 5.90. The van der Waals surface area contributed by atoms with E-state index in [1.54, 1.807) is 12.1 Å². The van der Waals surface area contributed by atoms with Gasteiger partial charge in [0.1, 0.15) is 5.82 Å². The number of hydrogen-bond donors (Lipinski definition) is 1. The maximum atomic E-state index is 14.3. The summed E-state index contributed by atoms with van der Waals surface area (Å²) in [6, 6.07) is 7.53. The minimum Gasteiger partial charge on any atom is -0.385 e. The molecule has 1 aromatic rings. The van der Waals surface area contributed by atoms with Crippen molar-refractivity contribution < 1.29 is 9.50 Å². The second-order valence-electron chi connectivity index (χ2n) is 9.98. The van der Waals surface area contributed by atoms with Gasteiger partial charge in [-0.05, 0) is 63.1 Å². The zero-order valence-corrected chi connectivity index (χ0v) is 17.0. The van der Waals surface area contributed by atoms with Gasteiger partial charge in [-0.1, -0.05) is 38.5 Å². The Morgan fingerprint density at radius 2 is 1.67 bits per heavy atom. The molecular formula is C23H35FN2O. The first-order chi connectivity index (χ1) is 12.9. The van der Waals surface area contributed by atoms with Crippen molar-refractivity contribution in [2.24, 2.45) is 5.41 Å². The molecule has 2 unspecified atom stereocenters. The topological polar surface area (TPSA) is 26.7 Å². The van der Waals surface area contributed by atoms with Crippen molar-refractivity contribution in [3.63, 3.8) is 0 Å². The van der Waals surface area contributed by atoms with E-state index in [0.717, 1.165) is 25.9 Å². The Kier molecular flexibility index (Phi) is 5.34. The lowest BCUT2D eigenvalue weighted by Gasteiger charge is -2.47. The molecule has 4 heteroatoms. The summed E-state index contributed by atoms with van der Waals surface area (Å²) in [6.07, 6.45) is 7.61. The van der Waals surface area contributed by atoms with Crippen LogP contribution in [0.25, 0.3) is 0 Å². The Labute approximate surface area is 163 Å². The maximum Gasteiger partial charge on any atom is 0.129 e. The average Bonchev–Trinajstić information content (AvgIpc) is 2.86.